The van der Waals surface area contributed by atoms with Gasteiger partial charge in [-0.05, 0) is 17.2 Å². The molecule has 0 aromatic heterocycles. The monoisotopic (exact) mass is 313 g/mol. The van der Waals surface area contributed by atoms with Crippen LogP contribution in [0.3, 0.4) is 0 Å². The third-order valence-electron chi connectivity index (χ3n) is 4.64. The lowest BCUT2D eigenvalue weighted by Gasteiger charge is -2.18. The number of hydrogen-bond donors (Lipinski definition) is 2. The highest BCUT2D eigenvalue weighted by molar-refractivity contribution is 5.42. The van der Waals surface area contributed by atoms with E-state index in [9.17, 15) is 10.2 Å². The topological polar surface area (TPSA) is 52.9 Å². The number of ether oxygens (including phenoxy) is 1. The van der Waals surface area contributed by atoms with E-state index in [2.05, 4.69) is 17.0 Å². The Morgan fingerprint density at radius 3 is 2.57 bits per heavy atom. The maximum atomic E-state index is 10.3. The predicted molar refractivity (Wildman–Crippen MR) is 89.7 cm³/mol. The van der Waals surface area contributed by atoms with Crippen molar-refractivity contribution in [3.8, 4) is 11.5 Å². The van der Waals surface area contributed by atoms with Crippen LogP contribution < -0.4 is 4.74 Å². The summed E-state index contributed by atoms with van der Waals surface area (Å²) in [6.45, 7) is 2.66. The Morgan fingerprint density at radius 1 is 1.13 bits per heavy atom. The molecule has 0 radical (unpaired) electrons. The zero-order chi connectivity index (χ0) is 16.2. The molecule has 0 aliphatic carbocycles. The summed E-state index contributed by atoms with van der Waals surface area (Å²) in [6, 6.07) is 15.8. The minimum atomic E-state index is 0.126. The maximum absolute atomic E-state index is 10.3. The molecule has 0 saturated carbocycles. The fraction of sp³-hybridized carbons (Fsp3) is 0.368. The SMILES string of the molecule is COc1ccc([C@@H]2CN(Cc3ccccc3)C[C@H]2CO)c(O)c1. The van der Waals surface area contributed by atoms with Gasteiger partial charge >= 0.3 is 0 Å². The lowest BCUT2D eigenvalue weighted by atomic mass is 9.89. The quantitative estimate of drug-likeness (QED) is 0.891. The highest BCUT2D eigenvalue weighted by Crippen LogP contribution is 2.38. The summed E-state index contributed by atoms with van der Waals surface area (Å²) in [4.78, 5) is 2.34. The van der Waals surface area contributed by atoms with E-state index in [4.69, 9.17) is 4.74 Å². The summed E-state index contributed by atoms with van der Waals surface area (Å²) in [5, 5.41) is 20.0. The van der Waals surface area contributed by atoms with E-state index in [1.165, 1.54) is 5.56 Å². The van der Waals surface area contributed by atoms with Gasteiger partial charge in [0, 0.05) is 44.1 Å². The lowest BCUT2D eigenvalue weighted by molar-refractivity contribution is 0.213. The number of likely N-dealkylation sites (tertiary alicyclic amines) is 1. The van der Waals surface area contributed by atoms with Gasteiger partial charge < -0.3 is 14.9 Å². The number of hydrogen-bond acceptors (Lipinski definition) is 4. The first-order valence-electron chi connectivity index (χ1n) is 7.95. The van der Waals surface area contributed by atoms with E-state index in [1.807, 2.05) is 30.3 Å². The number of phenols is 1. The summed E-state index contributed by atoms with van der Waals surface area (Å²) in [6.07, 6.45) is 0. The Hall–Kier alpha value is -2.04. The molecular formula is C19H23NO3. The second-order valence-electron chi connectivity index (χ2n) is 6.15. The maximum Gasteiger partial charge on any atom is 0.122 e. The standard InChI is InChI=1S/C19H23NO3/c1-23-16-7-8-17(19(22)9-16)18-12-20(11-15(18)13-21)10-14-5-3-2-4-6-14/h2-9,15,18,21-22H,10-13H2,1H3/t15-,18+/m0/s1. The van der Waals surface area contributed by atoms with Gasteiger partial charge in [0.1, 0.15) is 11.5 Å². The molecule has 2 N–H and O–H groups in total. The van der Waals surface area contributed by atoms with Gasteiger partial charge in [-0.3, -0.25) is 4.90 Å². The fourth-order valence-electron chi connectivity index (χ4n) is 3.43. The van der Waals surface area contributed by atoms with Gasteiger partial charge in [0.05, 0.1) is 7.11 Å². The van der Waals surface area contributed by atoms with Gasteiger partial charge in [0.25, 0.3) is 0 Å². The molecule has 4 heteroatoms. The third-order valence-corrected chi connectivity index (χ3v) is 4.64. The smallest absolute Gasteiger partial charge is 0.122 e. The van der Waals surface area contributed by atoms with Crippen LogP contribution >= 0.6 is 0 Å². The summed E-state index contributed by atoms with van der Waals surface area (Å²) in [5.74, 6) is 1.16. The third kappa shape index (κ3) is 3.49. The van der Waals surface area contributed by atoms with E-state index in [0.29, 0.717) is 5.75 Å². The molecule has 1 fully saturated rings. The van der Waals surface area contributed by atoms with Crippen LogP contribution in [0.4, 0.5) is 0 Å². The molecule has 2 aromatic rings. The van der Waals surface area contributed by atoms with Crippen molar-refractivity contribution in [2.24, 2.45) is 5.92 Å². The Labute approximate surface area is 136 Å². The number of rotatable bonds is 5. The van der Waals surface area contributed by atoms with Crippen molar-refractivity contribution in [2.45, 2.75) is 12.5 Å². The minimum Gasteiger partial charge on any atom is -0.508 e. The zero-order valence-electron chi connectivity index (χ0n) is 13.4. The molecule has 2 atom stereocenters. The van der Waals surface area contributed by atoms with Crippen LogP contribution in [0, 0.1) is 5.92 Å². The molecule has 1 saturated heterocycles. The zero-order valence-corrected chi connectivity index (χ0v) is 13.4. The molecule has 1 aliphatic rings. The first-order valence-corrected chi connectivity index (χ1v) is 7.95. The summed E-state index contributed by atoms with van der Waals surface area (Å²) in [5.41, 5.74) is 2.16. The van der Waals surface area contributed by atoms with Gasteiger partial charge in [-0.2, -0.15) is 0 Å². The van der Waals surface area contributed by atoms with Crippen LogP contribution in [0.5, 0.6) is 11.5 Å². The number of aromatic hydroxyl groups is 1. The highest BCUT2D eigenvalue weighted by Gasteiger charge is 2.34. The molecule has 4 nitrogen and oxygen atoms in total. The van der Waals surface area contributed by atoms with Crippen LogP contribution in [-0.2, 0) is 6.54 Å². The van der Waals surface area contributed by atoms with E-state index in [-0.39, 0.29) is 24.2 Å². The van der Waals surface area contributed by atoms with Crippen molar-refractivity contribution in [3.63, 3.8) is 0 Å². The summed E-state index contributed by atoms with van der Waals surface area (Å²) >= 11 is 0. The average Bonchev–Trinajstić information content (AvgIpc) is 2.98. The van der Waals surface area contributed by atoms with Crippen molar-refractivity contribution >= 4 is 0 Å². The van der Waals surface area contributed by atoms with Gasteiger partial charge in [0.15, 0.2) is 0 Å². The van der Waals surface area contributed by atoms with Crippen LogP contribution in [-0.4, -0.2) is 41.9 Å². The Morgan fingerprint density at radius 2 is 1.91 bits per heavy atom. The highest BCUT2D eigenvalue weighted by atomic mass is 16.5. The predicted octanol–water partition coefficient (Wildman–Crippen LogP) is 2.61. The van der Waals surface area contributed by atoms with Crippen molar-refractivity contribution in [1.82, 2.24) is 4.90 Å². The van der Waals surface area contributed by atoms with E-state index < -0.39 is 0 Å². The van der Waals surface area contributed by atoms with Gasteiger partial charge in [0.2, 0.25) is 0 Å². The summed E-state index contributed by atoms with van der Waals surface area (Å²) in [7, 11) is 1.59. The van der Waals surface area contributed by atoms with Crippen LogP contribution in [0.15, 0.2) is 48.5 Å². The molecule has 0 spiro atoms. The molecule has 2 aromatic carbocycles. The van der Waals surface area contributed by atoms with Crippen LogP contribution in [0.1, 0.15) is 17.0 Å². The van der Waals surface area contributed by atoms with Gasteiger partial charge in [-0.1, -0.05) is 36.4 Å². The van der Waals surface area contributed by atoms with Gasteiger partial charge in [-0.25, -0.2) is 0 Å². The molecule has 3 rings (SSSR count). The largest absolute Gasteiger partial charge is 0.508 e. The molecule has 122 valence electrons. The number of methoxy groups -OCH3 is 1. The minimum absolute atomic E-state index is 0.126. The van der Waals surface area contributed by atoms with Crippen molar-refractivity contribution < 1.29 is 14.9 Å². The molecule has 0 amide bonds. The Balaban J connectivity index is 1.77. The second-order valence-corrected chi connectivity index (χ2v) is 6.15. The molecule has 1 aliphatic heterocycles. The number of aliphatic hydroxyl groups is 1. The molecule has 1 heterocycles. The van der Waals surface area contributed by atoms with E-state index >= 15 is 0 Å². The Kier molecular flexibility index (Phi) is 4.84. The molecule has 0 unspecified atom stereocenters. The molecule has 23 heavy (non-hydrogen) atoms. The Bertz CT molecular complexity index is 644. The number of phenolic OH excluding ortho intramolecular Hbond substituents is 1. The molecular weight excluding hydrogens is 290 g/mol. The normalized spacial score (nSPS) is 21.5. The fourth-order valence-corrected chi connectivity index (χ4v) is 3.43. The van der Waals surface area contributed by atoms with Crippen LogP contribution in [0.2, 0.25) is 0 Å². The number of benzene rings is 2. The van der Waals surface area contributed by atoms with Crippen molar-refractivity contribution in [3.05, 3.63) is 59.7 Å². The molecule has 0 bridgehead atoms. The van der Waals surface area contributed by atoms with E-state index in [0.717, 1.165) is 25.2 Å². The number of nitrogens with zero attached hydrogens (tertiary/aromatic N) is 1. The second kappa shape index (κ2) is 7.02. The number of aliphatic hydroxyl groups excluding tert-OH is 1. The first-order chi connectivity index (χ1) is 11.2. The van der Waals surface area contributed by atoms with Crippen LogP contribution in [0.25, 0.3) is 0 Å². The van der Waals surface area contributed by atoms with Crippen molar-refractivity contribution in [2.75, 3.05) is 26.8 Å². The van der Waals surface area contributed by atoms with Crippen molar-refractivity contribution in [1.29, 1.82) is 0 Å². The van der Waals surface area contributed by atoms with E-state index in [1.54, 1.807) is 13.2 Å². The average molecular weight is 313 g/mol. The first kappa shape index (κ1) is 15.8. The summed E-state index contributed by atoms with van der Waals surface area (Å²) < 4.78 is 5.15. The lowest BCUT2D eigenvalue weighted by Crippen LogP contribution is -2.20. The van der Waals surface area contributed by atoms with Gasteiger partial charge in [-0.15, -0.1) is 0 Å².